The topological polar surface area (TPSA) is 89.6 Å². The van der Waals surface area contributed by atoms with Crippen LogP contribution in [0.3, 0.4) is 0 Å². The average Bonchev–Trinajstić information content (AvgIpc) is 3.05. The minimum Gasteiger partial charge on any atom is -0.497 e. The molecular weight excluding hydrogens is 404 g/mol. The highest BCUT2D eigenvalue weighted by Crippen LogP contribution is 2.37. The van der Waals surface area contributed by atoms with Gasteiger partial charge in [-0.1, -0.05) is 30.7 Å². The third kappa shape index (κ3) is 3.35. The van der Waals surface area contributed by atoms with Gasteiger partial charge in [-0.25, -0.2) is 0 Å². The standard InChI is InChI=1S/C22H21ClN4O3/c1-4-16(22(28)29)20-21-26-25-12(2)27(21)18-10-9-15(30-3)11-17(18)19(24-20)13-5-7-14(23)8-6-13/h5-11,16,20H,4H2,1-3H3,(H,28,29)/t16-,20-/m0/s1. The van der Waals surface area contributed by atoms with Gasteiger partial charge in [-0.3, -0.25) is 14.4 Å². The smallest absolute Gasteiger partial charge is 0.309 e. The Morgan fingerprint density at radius 2 is 1.97 bits per heavy atom. The van der Waals surface area contributed by atoms with Gasteiger partial charge in [0.2, 0.25) is 0 Å². The van der Waals surface area contributed by atoms with Crippen molar-refractivity contribution >= 4 is 23.3 Å². The number of carboxylic acid groups (broad SMARTS) is 1. The number of halogens is 1. The molecule has 0 spiro atoms. The number of aromatic nitrogens is 3. The molecule has 0 unspecified atom stereocenters. The highest BCUT2D eigenvalue weighted by molar-refractivity contribution is 6.30. The van der Waals surface area contributed by atoms with Gasteiger partial charge >= 0.3 is 5.97 Å². The Morgan fingerprint density at radius 3 is 2.60 bits per heavy atom. The van der Waals surface area contributed by atoms with Crippen molar-refractivity contribution in [2.75, 3.05) is 7.11 Å². The van der Waals surface area contributed by atoms with Crippen molar-refractivity contribution in [1.29, 1.82) is 0 Å². The summed E-state index contributed by atoms with van der Waals surface area (Å²) in [5.41, 5.74) is 3.12. The first kappa shape index (κ1) is 20.1. The van der Waals surface area contributed by atoms with Crippen LogP contribution in [0.25, 0.3) is 5.69 Å². The molecule has 2 aromatic carbocycles. The second kappa shape index (κ2) is 7.91. The molecule has 7 nitrogen and oxygen atoms in total. The Balaban J connectivity index is 2.05. The van der Waals surface area contributed by atoms with E-state index >= 15 is 0 Å². The van der Waals surface area contributed by atoms with E-state index < -0.39 is 17.9 Å². The maximum atomic E-state index is 12.1. The number of nitrogens with zero attached hydrogens (tertiary/aromatic N) is 4. The Bertz CT molecular complexity index is 1140. The molecule has 4 rings (SSSR count). The number of fused-ring (bicyclic) bond motifs is 3. The third-order valence-corrected chi connectivity index (χ3v) is 5.59. The highest BCUT2D eigenvalue weighted by Gasteiger charge is 2.36. The van der Waals surface area contributed by atoms with E-state index in [1.54, 1.807) is 19.2 Å². The van der Waals surface area contributed by atoms with Gasteiger partial charge in [-0.15, -0.1) is 10.2 Å². The number of ether oxygens (including phenoxy) is 1. The molecule has 2 atom stereocenters. The molecule has 2 heterocycles. The van der Waals surface area contributed by atoms with Gasteiger partial charge in [0.15, 0.2) is 5.82 Å². The van der Waals surface area contributed by atoms with Crippen LogP contribution in [0, 0.1) is 12.8 Å². The normalized spacial score (nSPS) is 16.1. The molecule has 1 N–H and O–H groups in total. The van der Waals surface area contributed by atoms with Crippen LogP contribution in [0.1, 0.15) is 42.2 Å². The van der Waals surface area contributed by atoms with E-state index in [-0.39, 0.29) is 0 Å². The number of methoxy groups -OCH3 is 1. The van der Waals surface area contributed by atoms with Gasteiger partial charge in [-0.2, -0.15) is 0 Å². The number of carbonyl (C=O) groups is 1. The molecule has 0 radical (unpaired) electrons. The summed E-state index contributed by atoms with van der Waals surface area (Å²) in [5.74, 6) is 0.182. The maximum Gasteiger partial charge on any atom is 0.309 e. The zero-order valence-electron chi connectivity index (χ0n) is 16.8. The summed E-state index contributed by atoms with van der Waals surface area (Å²) in [4.78, 5) is 17.0. The van der Waals surface area contributed by atoms with Crippen molar-refractivity contribution in [3.8, 4) is 11.4 Å². The van der Waals surface area contributed by atoms with Crippen LogP contribution in [0.2, 0.25) is 5.02 Å². The zero-order valence-corrected chi connectivity index (χ0v) is 17.6. The highest BCUT2D eigenvalue weighted by atomic mass is 35.5. The number of carboxylic acids is 1. The lowest BCUT2D eigenvalue weighted by Gasteiger charge is -2.18. The number of aliphatic imine (C=N–C) groups is 1. The summed E-state index contributed by atoms with van der Waals surface area (Å²) in [5, 5.41) is 19.0. The third-order valence-electron chi connectivity index (χ3n) is 5.34. The number of hydrogen-bond donors (Lipinski definition) is 1. The van der Waals surface area contributed by atoms with Crippen molar-refractivity contribution in [3.63, 3.8) is 0 Å². The van der Waals surface area contributed by atoms with Crippen molar-refractivity contribution in [1.82, 2.24) is 14.8 Å². The van der Waals surface area contributed by atoms with Crippen molar-refractivity contribution in [2.24, 2.45) is 10.9 Å². The predicted octanol–water partition coefficient (Wildman–Crippen LogP) is 4.24. The van der Waals surface area contributed by atoms with Crippen molar-refractivity contribution in [3.05, 3.63) is 70.3 Å². The van der Waals surface area contributed by atoms with Gasteiger partial charge in [0, 0.05) is 16.1 Å². The summed E-state index contributed by atoms with van der Waals surface area (Å²) < 4.78 is 7.33. The molecule has 0 fully saturated rings. The zero-order chi connectivity index (χ0) is 21.4. The molecular formula is C22H21ClN4O3. The molecule has 1 aliphatic rings. The lowest BCUT2D eigenvalue weighted by atomic mass is 9.96. The van der Waals surface area contributed by atoms with Crippen molar-refractivity contribution in [2.45, 2.75) is 26.3 Å². The molecule has 0 saturated heterocycles. The fourth-order valence-electron chi connectivity index (χ4n) is 3.80. The van der Waals surface area contributed by atoms with E-state index in [1.807, 2.05) is 48.7 Å². The second-order valence-electron chi connectivity index (χ2n) is 7.11. The Kier molecular flexibility index (Phi) is 5.30. The predicted molar refractivity (Wildman–Crippen MR) is 114 cm³/mol. The molecule has 30 heavy (non-hydrogen) atoms. The van der Waals surface area contributed by atoms with E-state index in [9.17, 15) is 9.90 Å². The SMILES string of the molecule is CC[C@H](C(=O)O)[C@@H]1N=C(c2ccc(Cl)cc2)c2cc(OC)ccc2-n2c(C)nnc21. The molecule has 1 aromatic heterocycles. The van der Waals surface area contributed by atoms with Crippen LogP contribution in [-0.4, -0.2) is 38.7 Å². The van der Waals surface area contributed by atoms with Crippen LogP contribution in [0.4, 0.5) is 0 Å². The van der Waals surface area contributed by atoms with Gasteiger partial charge < -0.3 is 9.84 Å². The van der Waals surface area contributed by atoms with Crippen molar-refractivity contribution < 1.29 is 14.6 Å². The van der Waals surface area contributed by atoms with E-state index in [2.05, 4.69) is 10.2 Å². The maximum absolute atomic E-state index is 12.1. The van der Waals surface area contributed by atoms with Crippen LogP contribution in [0.15, 0.2) is 47.5 Å². The summed E-state index contributed by atoms with van der Waals surface area (Å²) in [7, 11) is 1.60. The Labute approximate surface area is 179 Å². The monoisotopic (exact) mass is 424 g/mol. The van der Waals surface area contributed by atoms with E-state index in [4.69, 9.17) is 21.3 Å². The average molecular weight is 425 g/mol. The van der Waals surface area contributed by atoms with Crippen LogP contribution in [0.5, 0.6) is 5.75 Å². The number of aryl methyl sites for hydroxylation is 1. The van der Waals surface area contributed by atoms with E-state index in [1.165, 1.54) is 0 Å². The lowest BCUT2D eigenvalue weighted by molar-refractivity contribution is -0.142. The largest absolute Gasteiger partial charge is 0.497 e. The molecule has 8 heteroatoms. The fourth-order valence-corrected chi connectivity index (χ4v) is 3.93. The number of rotatable bonds is 5. The Morgan fingerprint density at radius 1 is 1.23 bits per heavy atom. The summed E-state index contributed by atoms with van der Waals surface area (Å²) in [6.45, 7) is 3.68. The number of hydrogen-bond acceptors (Lipinski definition) is 5. The molecule has 3 aromatic rings. The minimum absolute atomic E-state index is 0.406. The number of aliphatic carboxylic acids is 1. The van der Waals surface area contributed by atoms with Gasteiger partial charge in [0.05, 0.1) is 24.4 Å². The van der Waals surface area contributed by atoms with Gasteiger partial charge in [-0.05, 0) is 43.7 Å². The van der Waals surface area contributed by atoms with Crippen LogP contribution >= 0.6 is 11.6 Å². The second-order valence-corrected chi connectivity index (χ2v) is 7.54. The first-order chi connectivity index (χ1) is 14.4. The first-order valence-electron chi connectivity index (χ1n) is 9.61. The van der Waals surface area contributed by atoms with Crippen LogP contribution < -0.4 is 4.74 Å². The van der Waals surface area contributed by atoms with Gasteiger partial charge in [0.1, 0.15) is 17.6 Å². The Hall–Kier alpha value is -3.19. The molecule has 0 amide bonds. The van der Waals surface area contributed by atoms with E-state index in [0.29, 0.717) is 34.6 Å². The number of benzene rings is 2. The summed E-state index contributed by atoms with van der Waals surface area (Å²) >= 11 is 6.09. The molecule has 0 aliphatic carbocycles. The lowest BCUT2D eigenvalue weighted by Crippen LogP contribution is -2.23. The van der Waals surface area contributed by atoms with Crippen LogP contribution in [-0.2, 0) is 4.79 Å². The minimum atomic E-state index is -0.919. The molecule has 0 saturated carbocycles. The summed E-state index contributed by atoms with van der Waals surface area (Å²) in [6.07, 6.45) is 0.406. The fraction of sp³-hybridized carbons (Fsp3) is 0.273. The quantitative estimate of drug-likeness (QED) is 0.661. The molecule has 1 aliphatic heterocycles. The molecule has 154 valence electrons. The first-order valence-corrected chi connectivity index (χ1v) is 9.99. The molecule has 0 bridgehead atoms. The van der Waals surface area contributed by atoms with E-state index in [0.717, 1.165) is 16.8 Å². The summed E-state index contributed by atoms with van der Waals surface area (Å²) in [6, 6.07) is 12.3. The van der Waals surface area contributed by atoms with Gasteiger partial charge in [0.25, 0.3) is 0 Å².